The number of piperidine rings is 1. The highest BCUT2D eigenvalue weighted by Crippen LogP contribution is 2.30. The number of hydrogen-bond acceptors (Lipinski definition) is 3. The van der Waals surface area contributed by atoms with Crippen molar-refractivity contribution in [2.45, 2.75) is 63.6 Å². The number of benzene rings is 2. The van der Waals surface area contributed by atoms with Gasteiger partial charge in [0.05, 0.1) is 13.2 Å². The van der Waals surface area contributed by atoms with Crippen molar-refractivity contribution in [1.82, 2.24) is 10.2 Å². The molecule has 1 unspecified atom stereocenters. The van der Waals surface area contributed by atoms with E-state index < -0.39 is 0 Å². The third kappa shape index (κ3) is 4.81. The number of hydrogen-bond donors (Lipinski definition) is 1. The van der Waals surface area contributed by atoms with E-state index in [4.69, 9.17) is 4.74 Å². The molecule has 2 aliphatic rings. The van der Waals surface area contributed by atoms with Crippen LogP contribution in [0.3, 0.4) is 0 Å². The number of likely N-dealkylation sites (tertiary alicyclic amines) is 1. The van der Waals surface area contributed by atoms with Crippen LogP contribution in [-0.4, -0.2) is 36.5 Å². The van der Waals surface area contributed by atoms with E-state index in [2.05, 4.69) is 40.5 Å². The topological polar surface area (TPSA) is 41.6 Å². The van der Waals surface area contributed by atoms with Gasteiger partial charge in [-0.3, -0.25) is 9.69 Å². The predicted molar refractivity (Wildman–Crippen MR) is 117 cm³/mol. The van der Waals surface area contributed by atoms with Gasteiger partial charge in [0.15, 0.2) is 0 Å². The molecule has 0 aromatic heterocycles. The molecule has 4 rings (SSSR count). The number of carbonyl (C=O) groups excluding carboxylic acids is 1. The summed E-state index contributed by atoms with van der Waals surface area (Å²) in [6.07, 6.45) is 8.07. The summed E-state index contributed by atoms with van der Waals surface area (Å²) < 4.78 is 5.49. The van der Waals surface area contributed by atoms with E-state index >= 15 is 0 Å². The minimum atomic E-state index is 0.0123. The third-order valence-electron chi connectivity index (χ3n) is 6.38. The minimum Gasteiger partial charge on any atom is -0.496 e. The zero-order chi connectivity index (χ0) is 20.1. The summed E-state index contributed by atoms with van der Waals surface area (Å²) in [6.45, 7) is 1.83. The summed E-state index contributed by atoms with van der Waals surface area (Å²) in [5.41, 5.74) is 3.51. The van der Waals surface area contributed by atoms with E-state index in [0.29, 0.717) is 6.04 Å². The third-order valence-corrected chi connectivity index (χ3v) is 6.38. The molecule has 1 aliphatic carbocycles. The minimum absolute atomic E-state index is 0.0123. The van der Waals surface area contributed by atoms with Gasteiger partial charge in [-0.15, -0.1) is 0 Å². The standard InChI is InChI=1S/C25H32N2O2/c1-29-24-12-5-4-10-22(24)20-15-13-19(14-16-20)18-27-17-7-6-11-23(27)25(28)26-21-8-2-3-9-21/h4-5,10,12-16,21,23H,2-3,6-9,11,17-18H2,1H3,(H,26,28). The molecule has 4 heteroatoms. The summed E-state index contributed by atoms with van der Waals surface area (Å²) in [6, 6.07) is 17.2. The van der Waals surface area contributed by atoms with Gasteiger partial charge in [0.1, 0.15) is 5.75 Å². The van der Waals surface area contributed by atoms with Crippen LogP contribution in [0.2, 0.25) is 0 Å². The number of methoxy groups -OCH3 is 1. The average Bonchev–Trinajstić information content (AvgIpc) is 3.27. The first-order valence-corrected chi connectivity index (χ1v) is 11.0. The van der Waals surface area contributed by atoms with Crippen molar-refractivity contribution in [3.05, 3.63) is 54.1 Å². The summed E-state index contributed by atoms with van der Waals surface area (Å²) in [5.74, 6) is 1.13. The molecule has 2 fully saturated rings. The highest BCUT2D eigenvalue weighted by Gasteiger charge is 2.30. The van der Waals surface area contributed by atoms with Crippen LogP contribution in [0.1, 0.15) is 50.5 Å². The zero-order valence-corrected chi connectivity index (χ0v) is 17.4. The number of ether oxygens (including phenoxy) is 1. The zero-order valence-electron chi connectivity index (χ0n) is 17.4. The van der Waals surface area contributed by atoms with Crippen LogP contribution in [0.25, 0.3) is 11.1 Å². The summed E-state index contributed by atoms with van der Waals surface area (Å²) in [4.78, 5) is 15.3. The van der Waals surface area contributed by atoms with E-state index in [9.17, 15) is 4.79 Å². The molecule has 154 valence electrons. The highest BCUT2D eigenvalue weighted by atomic mass is 16.5. The van der Waals surface area contributed by atoms with Gasteiger partial charge < -0.3 is 10.1 Å². The van der Waals surface area contributed by atoms with E-state index in [1.807, 2.05) is 18.2 Å². The number of nitrogens with one attached hydrogen (secondary N) is 1. The maximum atomic E-state index is 12.9. The van der Waals surface area contributed by atoms with Gasteiger partial charge in [0, 0.05) is 18.2 Å². The molecule has 1 amide bonds. The number of rotatable bonds is 6. The Balaban J connectivity index is 1.43. The monoisotopic (exact) mass is 392 g/mol. The van der Waals surface area contributed by atoms with Gasteiger partial charge in [-0.1, -0.05) is 61.7 Å². The Labute approximate surface area is 174 Å². The molecule has 0 bridgehead atoms. The first-order valence-electron chi connectivity index (χ1n) is 11.0. The van der Waals surface area contributed by atoms with Crippen molar-refractivity contribution < 1.29 is 9.53 Å². The molecule has 1 saturated heterocycles. The Morgan fingerprint density at radius 3 is 2.48 bits per heavy atom. The lowest BCUT2D eigenvalue weighted by Crippen LogP contribution is -2.50. The van der Waals surface area contributed by atoms with Gasteiger partial charge in [-0.05, 0) is 49.4 Å². The van der Waals surface area contributed by atoms with Crippen molar-refractivity contribution in [2.75, 3.05) is 13.7 Å². The molecule has 1 atom stereocenters. The van der Waals surface area contributed by atoms with Crippen molar-refractivity contribution in [1.29, 1.82) is 0 Å². The smallest absolute Gasteiger partial charge is 0.237 e. The fraction of sp³-hybridized carbons (Fsp3) is 0.480. The molecule has 1 aliphatic heterocycles. The molecule has 4 nitrogen and oxygen atoms in total. The van der Waals surface area contributed by atoms with E-state index in [0.717, 1.165) is 55.6 Å². The Kier molecular flexibility index (Phi) is 6.50. The first-order chi connectivity index (χ1) is 14.2. The largest absolute Gasteiger partial charge is 0.496 e. The highest BCUT2D eigenvalue weighted by molar-refractivity contribution is 5.82. The Morgan fingerprint density at radius 2 is 1.72 bits per heavy atom. The second-order valence-electron chi connectivity index (χ2n) is 8.37. The fourth-order valence-electron chi connectivity index (χ4n) is 4.75. The van der Waals surface area contributed by atoms with Crippen LogP contribution in [0.5, 0.6) is 5.75 Å². The van der Waals surface area contributed by atoms with Crippen molar-refractivity contribution in [3.63, 3.8) is 0 Å². The first kappa shape index (κ1) is 20.0. The van der Waals surface area contributed by atoms with Crippen LogP contribution in [0, 0.1) is 0 Å². The van der Waals surface area contributed by atoms with Crippen molar-refractivity contribution >= 4 is 5.91 Å². The number of nitrogens with zero attached hydrogens (tertiary/aromatic N) is 1. The second-order valence-corrected chi connectivity index (χ2v) is 8.37. The normalized spacial score (nSPS) is 20.5. The van der Waals surface area contributed by atoms with Crippen LogP contribution in [0.15, 0.2) is 48.5 Å². The van der Waals surface area contributed by atoms with Gasteiger partial charge >= 0.3 is 0 Å². The lowest BCUT2D eigenvalue weighted by Gasteiger charge is -2.35. The molecule has 2 aromatic carbocycles. The fourth-order valence-corrected chi connectivity index (χ4v) is 4.75. The SMILES string of the molecule is COc1ccccc1-c1ccc(CN2CCCCC2C(=O)NC2CCCC2)cc1. The van der Waals surface area contributed by atoms with E-state index in [-0.39, 0.29) is 11.9 Å². The lowest BCUT2D eigenvalue weighted by atomic mass is 9.99. The maximum Gasteiger partial charge on any atom is 0.237 e. The Morgan fingerprint density at radius 1 is 1.00 bits per heavy atom. The van der Waals surface area contributed by atoms with Crippen LogP contribution >= 0.6 is 0 Å². The molecule has 1 N–H and O–H groups in total. The van der Waals surface area contributed by atoms with E-state index in [1.165, 1.54) is 24.8 Å². The number of amides is 1. The lowest BCUT2D eigenvalue weighted by molar-refractivity contribution is -0.128. The Bertz CT molecular complexity index is 812. The molecule has 1 saturated carbocycles. The van der Waals surface area contributed by atoms with Gasteiger partial charge in [-0.2, -0.15) is 0 Å². The van der Waals surface area contributed by atoms with E-state index in [1.54, 1.807) is 7.11 Å². The van der Waals surface area contributed by atoms with Crippen molar-refractivity contribution in [2.24, 2.45) is 0 Å². The van der Waals surface area contributed by atoms with Crippen molar-refractivity contribution in [3.8, 4) is 16.9 Å². The predicted octanol–water partition coefficient (Wildman–Crippen LogP) is 4.78. The van der Waals surface area contributed by atoms with Gasteiger partial charge in [0.2, 0.25) is 5.91 Å². The second kappa shape index (κ2) is 9.45. The average molecular weight is 393 g/mol. The molecular formula is C25H32N2O2. The molecule has 0 spiro atoms. The van der Waals surface area contributed by atoms with Gasteiger partial charge in [-0.25, -0.2) is 0 Å². The summed E-state index contributed by atoms with van der Waals surface area (Å²) in [7, 11) is 1.71. The molecule has 2 aromatic rings. The van der Waals surface area contributed by atoms with Gasteiger partial charge in [0.25, 0.3) is 0 Å². The van der Waals surface area contributed by atoms with Crippen LogP contribution < -0.4 is 10.1 Å². The molecule has 29 heavy (non-hydrogen) atoms. The van der Waals surface area contributed by atoms with Crippen LogP contribution in [-0.2, 0) is 11.3 Å². The summed E-state index contributed by atoms with van der Waals surface area (Å²) in [5, 5.41) is 3.31. The molecule has 1 heterocycles. The summed E-state index contributed by atoms with van der Waals surface area (Å²) >= 11 is 0. The van der Waals surface area contributed by atoms with Crippen LogP contribution in [0.4, 0.5) is 0 Å². The quantitative estimate of drug-likeness (QED) is 0.769. The number of carbonyl (C=O) groups is 1. The Hall–Kier alpha value is -2.33. The number of para-hydroxylation sites is 1. The molecular weight excluding hydrogens is 360 g/mol. The molecule has 0 radical (unpaired) electrons. The maximum absolute atomic E-state index is 12.9.